The van der Waals surface area contributed by atoms with Crippen LogP contribution in [-0.2, 0) is 11.2 Å². The summed E-state index contributed by atoms with van der Waals surface area (Å²) in [6, 6.07) is 8.73. The first-order valence-electron chi connectivity index (χ1n) is 6.62. The van der Waals surface area contributed by atoms with E-state index in [9.17, 15) is 14.7 Å². The van der Waals surface area contributed by atoms with Gasteiger partial charge in [-0.3, -0.25) is 4.79 Å². The van der Waals surface area contributed by atoms with Crippen LogP contribution < -0.4 is 10.5 Å². The molecule has 1 aromatic heterocycles. The van der Waals surface area contributed by atoms with Gasteiger partial charge in [0, 0.05) is 12.4 Å². The number of aliphatic carboxylic acids is 1. The fraction of sp³-hybridized carbons (Fsp3) is 0.176. The summed E-state index contributed by atoms with van der Waals surface area (Å²) >= 11 is 0. The second-order valence-corrected chi connectivity index (χ2v) is 5.25. The molecule has 0 aliphatic rings. The molecule has 0 aliphatic carbocycles. The summed E-state index contributed by atoms with van der Waals surface area (Å²) < 4.78 is 5.76. The van der Waals surface area contributed by atoms with Gasteiger partial charge < -0.3 is 14.3 Å². The molecule has 4 nitrogen and oxygen atoms in total. The minimum absolute atomic E-state index is 0.144. The van der Waals surface area contributed by atoms with Gasteiger partial charge in [0.05, 0.1) is 10.8 Å². The number of hydrogen-bond acceptors (Lipinski definition) is 4. The van der Waals surface area contributed by atoms with E-state index in [2.05, 4.69) is 0 Å². The van der Waals surface area contributed by atoms with E-state index in [1.807, 2.05) is 13.0 Å². The molecule has 0 aliphatic heterocycles. The van der Waals surface area contributed by atoms with Crippen LogP contribution in [-0.4, -0.2) is 5.97 Å². The van der Waals surface area contributed by atoms with Gasteiger partial charge in [0.2, 0.25) is 5.43 Å². The molecule has 0 atom stereocenters. The summed E-state index contributed by atoms with van der Waals surface area (Å²) in [4.78, 5) is 23.4. The Bertz CT molecular complexity index is 935. The van der Waals surface area contributed by atoms with Crippen molar-refractivity contribution < 1.29 is 14.3 Å². The number of carboxylic acid groups (broad SMARTS) is 1. The highest BCUT2D eigenvalue weighted by atomic mass is 16.4. The van der Waals surface area contributed by atoms with Crippen LogP contribution in [0.3, 0.4) is 0 Å². The van der Waals surface area contributed by atoms with Gasteiger partial charge in [0.1, 0.15) is 11.2 Å². The van der Waals surface area contributed by atoms with Gasteiger partial charge in [-0.2, -0.15) is 0 Å². The maximum atomic E-state index is 12.6. The van der Waals surface area contributed by atoms with E-state index < -0.39 is 5.97 Å². The lowest BCUT2D eigenvalue weighted by molar-refractivity contribution is -0.304. The van der Waals surface area contributed by atoms with Crippen LogP contribution in [0, 0.1) is 13.8 Å². The van der Waals surface area contributed by atoms with Crippen molar-refractivity contribution in [3.8, 4) is 0 Å². The zero-order valence-corrected chi connectivity index (χ0v) is 11.7. The lowest BCUT2D eigenvalue weighted by Gasteiger charge is -2.09. The van der Waals surface area contributed by atoms with Gasteiger partial charge >= 0.3 is 0 Å². The van der Waals surface area contributed by atoms with Crippen LogP contribution in [0.4, 0.5) is 0 Å². The fourth-order valence-electron chi connectivity index (χ4n) is 2.51. The minimum atomic E-state index is -1.17. The van der Waals surface area contributed by atoms with Crippen molar-refractivity contribution in [2.45, 2.75) is 20.3 Å². The molecule has 106 valence electrons. The number of hydrogen-bond donors (Lipinski definition) is 0. The predicted octanol–water partition coefficient (Wildman–Crippen LogP) is 1.86. The van der Waals surface area contributed by atoms with Crippen LogP contribution in [0.1, 0.15) is 16.7 Å². The second kappa shape index (κ2) is 4.74. The first kappa shape index (κ1) is 13.4. The minimum Gasteiger partial charge on any atom is -0.550 e. The Balaban J connectivity index is 2.38. The van der Waals surface area contributed by atoms with E-state index >= 15 is 0 Å². The van der Waals surface area contributed by atoms with Gasteiger partial charge in [-0.15, -0.1) is 0 Å². The zero-order valence-electron chi connectivity index (χ0n) is 11.7. The molecule has 0 N–H and O–H groups in total. The quantitative estimate of drug-likeness (QED) is 0.672. The molecular weight excluding hydrogens is 268 g/mol. The Labute approximate surface area is 120 Å². The molecule has 0 amide bonds. The number of carbonyl (C=O) groups is 1. The van der Waals surface area contributed by atoms with E-state index in [1.165, 1.54) is 0 Å². The molecular formula is C17H13O4-. The molecule has 0 radical (unpaired) electrons. The Morgan fingerprint density at radius 2 is 1.81 bits per heavy atom. The number of carbonyl (C=O) groups excluding carboxylic acids is 1. The Hall–Kier alpha value is -2.62. The maximum Gasteiger partial charge on any atom is 0.200 e. The third-order valence-corrected chi connectivity index (χ3v) is 3.62. The first-order chi connectivity index (χ1) is 9.95. The smallest absolute Gasteiger partial charge is 0.200 e. The fourth-order valence-corrected chi connectivity index (χ4v) is 2.51. The highest BCUT2D eigenvalue weighted by molar-refractivity contribution is 5.91. The van der Waals surface area contributed by atoms with Gasteiger partial charge in [-0.05, 0) is 49.2 Å². The molecule has 3 aromatic rings. The molecule has 4 heteroatoms. The van der Waals surface area contributed by atoms with Crippen LogP contribution in [0.25, 0.3) is 21.9 Å². The van der Waals surface area contributed by atoms with Gasteiger partial charge in [-0.1, -0.05) is 11.6 Å². The average molecular weight is 281 g/mol. The molecule has 2 aromatic carbocycles. The highest BCUT2D eigenvalue weighted by Crippen LogP contribution is 2.23. The second-order valence-electron chi connectivity index (χ2n) is 5.25. The molecule has 0 unspecified atom stereocenters. The van der Waals surface area contributed by atoms with Crippen LogP contribution in [0.5, 0.6) is 0 Å². The van der Waals surface area contributed by atoms with Crippen LogP contribution >= 0.6 is 0 Å². The van der Waals surface area contributed by atoms with E-state index in [-0.39, 0.29) is 11.8 Å². The Morgan fingerprint density at radius 3 is 2.52 bits per heavy atom. The summed E-state index contributed by atoms with van der Waals surface area (Å²) in [5.41, 5.74) is 3.16. The molecule has 0 saturated heterocycles. The molecule has 0 bridgehead atoms. The maximum absolute atomic E-state index is 12.6. The number of carboxylic acids is 1. The zero-order chi connectivity index (χ0) is 15.1. The van der Waals surface area contributed by atoms with E-state index in [4.69, 9.17) is 4.42 Å². The van der Waals surface area contributed by atoms with Crippen molar-refractivity contribution in [2.75, 3.05) is 0 Å². The summed E-state index contributed by atoms with van der Waals surface area (Å²) in [7, 11) is 0. The number of benzene rings is 2. The molecule has 0 saturated carbocycles. The van der Waals surface area contributed by atoms with Gasteiger partial charge in [-0.25, -0.2) is 0 Å². The van der Waals surface area contributed by atoms with Crippen molar-refractivity contribution in [1.82, 2.24) is 0 Å². The van der Waals surface area contributed by atoms with E-state index in [1.54, 1.807) is 31.2 Å². The molecule has 3 rings (SSSR count). The molecule has 1 heterocycles. The van der Waals surface area contributed by atoms with Crippen molar-refractivity contribution >= 4 is 27.9 Å². The topological polar surface area (TPSA) is 70.3 Å². The third kappa shape index (κ3) is 2.29. The summed E-state index contributed by atoms with van der Waals surface area (Å²) in [5, 5.41) is 11.7. The average Bonchev–Trinajstić information content (AvgIpc) is 2.41. The van der Waals surface area contributed by atoms with Crippen molar-refractivity contribution in [3.05, 3.63) is 57.2 Å². The molecule has 21 heavy (non-hydrogen) atoms. The summed E-state index contributed by atoms with van der Waals surface area (Å²) in [6.07, 6.45) is -0.215. The van der Waals surface area contributed by atoms with Gasteiger partial charge in [0.25, 0.3) is 0 Å². The van der Waals surface area contributed by atoms with E-state index in [0.717, 1.165) is 11.1 Å². The monoisotopic (exact) mass is 281 g/mol. The lowest BCUT2D eigenvalue weighted by atomic mass is 10.0. The highest BCUT2D eigenvalue weighted by Gasteiger charge is 2.10. The molecule has 0 spiro atoms. The number of rotatable bonds is 2. The van der Waals surface area contributed by atoms with Crippen LogP contribution in [0.15, 0.2) is 39.5 Å². The Kier molecular flexibility index (Phi) is 3.01. The lowest BCUT2D eigenvalue weighted by Crippen LogP contribution is -2.24. The first-order valence-corrected chi connectivity index (χ1v) is 6.62. The normalized spacial score (nSPS) is 11.1. The molecule has 0 fully saturated rings. The standard InChI is InChI=1S/C17H14O4/c1-9-3-4-14-12(5-9)17(20)13-7-11(8-16(18)19)10(2)6-15(13)21-14/h3-7H,8H2,1-2H3,(H,18,19)/p-1. The SMILES string of the molecule is Cc1ccc2oc3cc(C)c(CC(=O)[O-])cc3c(=O)c2c1. The predicted molar refractivity (Wildman–Crippen MR) is 78.2 cm³/mol. The third-order valence-electron chi connectivity index (χ3n) is 3.62. The van der Waals surface area contributed by atoms with Crippen molar-refractivity contribution in [3.63, 3.8) is 0 Å². The van der Waals surface area contributed by atoms with Crippen molar-refractivity contribution in [1.29, 1.82) is 0 Å². The van der Waals surface area contributed by atoms with Crippen LogP contribution in [0.2, 0.25) is 0 Å². The Morgan fingerprint density at radius 1 is 1.10 bits per heavy atom. The largest absolute Gasteiger partial charge is 0.550 e. The van der Waals surface area contributed by atoms with Crippen molar-refractivity contribution in [2.24, 2.45) is 0 Å². The van der Waals surface area contributed by atoms with E-state index in [0.29, 0.717) is 27.5 Å². The van der Waals surface area contributed by atoms with Gasteiger partial charge in [0.15, 0.2) is 0 Å². The number of fused-ring (bicyclic) bond motifs is 2. The number of aryl methyl sites for hydroxylation is 2. The summed E-state index contributed by atoms with van der Waals surface area (Å²) in [6.45, 7) is 3.69. The summed E-state index contributed by atoms with van der Waals surface area (Å²) in [5.74, 6) is -1.17.